The second-order valence-electron chi connectivity index (χ2n) is 11.8. The van der Waals surface area contributed by atoms with E-state index in [2.05, 4.69) is 69.4 Å². The van der Waals surface area contributed by atoms with Crippen LogP contribution in [0, 0.1) is 11.8 Å². The molecule has 0 bridgehead atoms. The van der Waals surface area contributed by atoms with E-state index < -0.39 is 5.97 Å². The van der Waals surface area contributed by atoms with Crippen LogP contribution in [0.25, 0.3) is 44.8 Å². The van der Waals surface area contributed by atoms with Crippen molar-refractivity contribution in [2.75, 3.05) is 0 Å². The highest BCUT2D eigenvalue weighted by Gasteiger charge is 2.23. The highest BCUT2D eigenvalue weighted by Crippen LogP contribution is 2.34. The first-order valence-electron chi connectivity index (χ1n) is 14.9. The van der Waals surface area contributed by atoms with Crippen molar-refractivity contribution in [1.29, 1.82) is 0 Å². The first-order chi connectivity index (χ1) is 20.1. The lowest BCUT2D eigenvalue weighted by atomic mass is 9.78. The second-order valence-corrected chi connectivity index (χ2v) is 11.8. The van der Waals surface area contributed by atoms with Gasteiger partial charge in [0.1, 0.15) is 5.82 Å². The quantitative estimate of drug-likeness (QED) is 0.223. The molecule has 1 aliphatic heterocycles. The van der Waals surface area contributed by atoms with E-state index in [4.69, 9.17) is 15.1 Å². The molecule has 41 heavy (non-hydrogen) atoms. The Labute approximate surface area is 239 Å². The standard InChI is InChI=1S/C34H35N5O2/c40-33(41)18-24-6-4-22(5-7-24)17-23-8-10-25(11-9-23)29-14-13-27(20-35-29)34-37-30-15-12-26(19-31(30)38-34)28-21-36-39-16-2-1-3-32(28)39/h8-15,19-22,24H,1-7,16-18H2,(H,37,38)(H,40,41). The van der Waals surface area contributed by atoms with Crippen molar-refractivity contribution < 1.29 is 9.90 Å². The fourth-order valence-corrected chi connectivity index (χ4v) is 6.71. The van der Waals surface area contributed by atoms with Gasteiger partial charge in [0.25, 0.3) is 0 Å². The normalized spacial score (nSPS) is 18.8. The maximum Gasteiger partial charge on any atom is 0.303 e. The van der Waals surface area contributed by atoms with Crippen LogP contribution in [0.4, 0.5) is 0 Å². The van der Waals surface area contributed by atoms with Gasteiger partial charge in [0.2, 0.25) is 0 Å². The minimum Gasteiger partial charge on any atom is -0.481 e. The van der Waals surface area contributed by atoms with Crippen LogP contribution in [0.15, 0.2) is 67.0 Å². The molecule has 7 nitrogen and oxygen atoms in total. The zero-order valence-electron chi connectivity index (χ0n) is 23.2. The SMILES string of the molecule is O=C(O)CC1CCC(Cc2ccc(-c3ccc(-c4nc5ccc(-c6cnn7c6CCCC7)cc5[nH]4)cn3)cc2)CC1. The van der Waals surface area contributed by atoms with Gasteiger partial charge in [0, 0.05) is 41.5 Å². The Kier molecular flexibility index (Phi) is 6.87. The molecule has 0 saturated heterocycles. The number of carbonyl (C=O) groups is 1. The highest BCUT2D eigenvalue weighted by atomic mass is 16.4. The lowest BCUT2D eigenvalue weighted by Crippen LogP contribution is -2.18. The van der Waals surface area contributed by atoms with Crippen LogP contribution in [-0.2, 0) is 24.2 Å². The largest absolute Gasteiger partial charge is 0.481 e. The monoisotopic (exact) mass is 545 g/mol. The number of fused-ring (bicyclic) bond motifs is 2. The molecule has 0 amide bonds. The van der Waals surface area contributed by atoms with Crippen molar-refractivity contribution in [2.45, 2.75) is 64.3 Å². The topological polar surface area (TPSA) is 96.7 Å². The molecule has 0 unspecified atom stereocenters. The van der Waals surface area contributed by atoms with E-state index in [-0.39, 0.29) is 0 Å². The number of aromatic amines is 1. The van der Waals surface area contributed by atoms with Crippen LogP contribution in [-0.4, -0.2) is 35.8 Å². The van der Waals surface area contributed by atoms with E-state index in [1.165, 1.54) is 35.2 Å². The number of nitrogens with zero attached hydrogens (tertiary/aromatic N) is 4. The molecule has 0 spiro atoms. The molecule has 5 aromatic rings. The average Bonchev–Trinajstić information content (AvgIpc) is 3.63. The Morgan fingerprint density at radius 1 is 0.902 bits per heavy atom. The third-order valence-corrected chi connectivity index (χ3v) is 9.02. The molecule has 2 aliphatic rings. The third-order valence-electron chi connectivity index (χ3n) is 9.02. The molecule has 0 atom stereocenters. The predicted molar refractivity (Wildman–Crippen MR) is 160 cm³/mol. The number of pyridine rings is 1. The number of carboxylic acid groups (broad SMARTS) is 1. The van der Waals surface area contributed by atoms with Gasteiger partial charge in [0.05, 0.1) is 22.9 Å². The molecule has 1 saturated carbocycles. The fraction of sp³-hybridized carbons (Fsp3) is 0.353. The van der Waals surface area contributed by atoms with Gasteiger partial charge < -0.3 is 10.1 Å². The summed E-state index contributed by atoms with van der Waals surface area (Å²) in [6, 6.07) is 19.3. The Morgan fingerprint density at radius 2 is 1.68 bits per heavy atom. The molecule has 1 aliphatic carbocycles. The van der Waals surface area contributed by atoms with Crippen molar-refractivity contribution in [2.24, 2.45) is 11.8 Å². The number of carboxylic acids is 1. The number of benzene rings is 2. The summed E-state index contributed by atoms with van der Waals surface area (Å²) in [5, 5.41) is 13.7. The average molecular weight is 546 g/mol. The number of aromatic nitrogens is 5. The van der Waals surface area contributed by atoms with Crippen LogP contribution in [0.3, 0.4) is 0 Å². The minimum absolute atomic E-state index is 0.318. The lowest BCUT2D eigenvalue weighted by molar-refractivity contribution is -0.138. The molecule has 0 radical (unpaired) electrons. The summed E-state index contributed by atoms with van der Waals surface area (Å²) in [6.45, 7) is 1.01. The second kappa shape index (κ2) is 11.0. The number of aryl methyl sites for hydroxylation is 1. The predicted octanol–water partition coefficient (Wildman–Crippen LogP) is 7.32. The van der Waals surface area contributed by atoms with E-state index in [1.807, 2.05) is 12.4 Å². The Hall–Kier alpha value is -4.26. The molecule has 3 aromatic heterocycles. The highest BCUT2D eigenvalue weighted by molar-refractivity contribution is 5.85. The van der Waals surface area contributed by atoms with Gasteiger partial charge in [-0.2, -0.15) is 5.10 Å². The number of hydrogen-bond donors (Lipinski definition) is 2. The Bertz CT molecular complexity index is 1670. The van der Waals surface area contributed by atoms with E-state index in [9.17, 15) is 4.79 Å². The molecular weight excluding hydrogens is 510 g/mol. The molecule has 4 heterocycles. The van der Waals surface area contributed by atoms with Crippen LogP contribution >= 0.6 is 0 Å². The molecule has 7 heteroatoms. The summed E-state index contributed by atoms with van der Waals surface area (Å²) in [5.41, 5.74) is 10.0. The lowest BCUT2D eigenvalue weighted by Gasteiger charge is -2.27. The van der Waals surface area contributed by atoms with Crippen molar-refractivity contribution in [1.82, 2.24) is 24.7 Å². The summed E-state index contributed by atoms with van der Waals surface area (Å²) < 4.78 is 2.15. The number of hydrogen-bond acceptors (Lipinski definition) is 4. The number of nitrogens with one attached hydrogen (secondary N) is 1. The fourth-order valence-electron chi connectivity index (χ4n) is 6.71. The van der Waals surface area contributed by atoms with Crippen LogP contribution in [0.2, 0.25) is 0 Å². The summed E-state index contributed by atoms with van der Waals surface area (Å²) >= 11 is 0. The molecular formula is C34H35N5O2. The molecule has 2 aromatic carbocycles. The van der Waals surface area contributed by atoms with Gasteiger partial charge in [-0.25, -0.2) is 4.98 Å². The zero-order chi connectivity index (χ0) is 27.8. The van der Waals surface area contributed by atoms with Gasteiger partial charge in [0.15, 0.2) is 0 Å². The van der Waals surface area contributed by atoms with Gasteiger partial charge in [-0.3, -0.25) is 14.5 Å². The van der Waals surface area contributed by atoms with Crippen molar-refractivity contribution in [3.05, 3.63) is 78.2 Å². The third kappa shape index (κ3) is 5.41. The van der Waals surface area contributed by atoms with Crippen molar-refractivity contribution >= 4 is 17.0 Å². The van der Waals surface area contributed by atoms with E-state index in [1.54, 1.807) is 0 Å². The zero-order valence-corrected chi connectivity index (χ0v) is 23.2. The van der Waals surface area contributed by atoms with Crippen molar-refractivity contribution in [3.8, 4) is 33.8 Å². The molecule has 7 rings (SSSR count). The molecule has 208 valence electrons. The number of aliphatic carboxylic acids is 1. The maximum absolute atomic E-state index is 11.0. The number of H-pyrrole nitrogens is 1. The van der Waals surface area contributed by atoms with Gasteiger partial charge >= 0.3 is 5.97 Å². The Morgan fingerprint density at radius 3 is 2.46 bits per heavy atom. The van der Waals surface area contributed by atoms with Gasteiger partial charge in [-0.1, -0.05) is 30.3 Å². The van der Waals surface area contributed by atoms with Crippen LogP contribution < -0.4 is 0 Å². The van der Waals surface area contributed by atoms with E-state index in [0.717, 1.165) is 78.7 Å². The van der Waals surface area contributed by atoms with Gasteiger partial charge in [-0.05, 0) is 98.6 Å². The van der Waals surface area contributed by atoms with Crippen LogP contribution in [0.1, 0.15) is 56.2 Å². The summed E-state index contributed by atoms with van der Waals surface area (Å²) in [4.78, 5) is 24.1. The van der Waals surface area contributed by atoms with Crippen LogP contribution in [0.5, 0.6) is 0 Å². The molecule has 2 N–H and O–H groups in total. The first kappa shape index (κ1) is 25.7. The van der Waals surface area contributed by atoms with Crippen molar-refractivity contribution in [3.63, 3.8) is 0 Å². The van der Waals surface area contributed by atoms with E-state index in [0.29, 0.717) is 18.3 Å². The first-order valence-corrected chi connectivity index (χ1v) is 14.9. The Balaban J connectivity index is 1.02. The maximum atomic E-state index is 11.0. The number of rotatable bonds is 7. The number of imidazole rings is 1. The summed E-state index contributed by atoms with van der Waals surface area (Å²) in [6.07, 6.45) is 13.1. The smallest absolute Gasteiger partial charge is 0.303 e. The summed E-state index contributed by atoms with van der Waals surface area (Å²) in [7, 11) is 0. The van der Waals surface area contributed by atoms with Gasteiger partial charge in [-0.15, -0.1) is 0 Å². The summed E-state index contributed by atoms with van der Waals surface area (Å²) in [5.74, 6) is 1.15. The molecule has 1 fully saturated rings. The minimum atomic E-state index is -0.665. The van der Waals surface area contributed by atoms with E-state index >= 15 is 0 Å².